The molecule has 2 rings (SSSR count). The van der Waals surface area contributed by atoms with Crippen LogP contribution in [0.3, 0.4) is 0 Å². The number of halogens is 1. The summed E-state index contributed by atoms with van der Waals surface area (Å²) in [5.74, 6) is -0.545. The van der Waals surface area contributed by atoms with E-state index in [0.717, 1.165) is 11.1 Å². The van der Waals surface area contributed by atoms with Gasteiger partial charge in [0, 0.05) is 18.8 Å². The molecule has 5 heteroatoms. The highest BCUT2D eigenvalue weighted by atomic mass is 35.5. The molecule has 0 radical (unpaired) electrons. The molecule has 0 saturated heterocycles. The van der Waals surface area contributed by atoms with Crippen LogP contribution in [0.5, 0.6) is 0 Å². The van der Waals surface area contributed by atoms with Crippen LogP contribution in [0.25, 0.3) is 0 Å². The van der Waals surface area contributed by atoms with E-state index in [4.69, 9.17) is 23.1 Å². The van der Waals surface area contributed by atoms with Gasteiger partial charge in [0.25, 0.3) is 5.91 Å². The number of carbonyl (C=O) groups excluding carboxylic acids is 1. The Morgan fingerprint density at radius 3 is 2.35 bits per heavy atom. The van der Waals surface area contributed by atoms with Crippen molar-refractivity contribution in [1.82, 2.24) is 0 Å². The van der Waals surface area contributed by atoms with Gasteiger partial charge in [0.1, 0.15) is 0 Å². The van der Waals surface area contributed by atoms with E-state index in [1.54, 1.807) is 18.2 Å². The van der Waals surface area contributed by atoms with E-state index in [9.17, 15) is 4.79 Å². The van der Waals surface area contributed by atoms with Crippen molar-refractivity contribution in [2.45, 2.75) is 13.1 Å². The van der Waals surface area contributed by atoms with Gasteiger partial charge in [-0.25, -0.2) is 0 Å². The molecule has 0 saturated carbocycles. The molecule has 0 spiro atoms. The van der Waals surface area contributed by atoms with Crippen molar-refractivity contribution in [2.24, 2.45) is 11.5 Å². The number of hydrogen-bond donors (Lipinski definition) is 3. The van der Waals surface area contributed by atoms with E-state index in [2.05, 4.69) is 5.32 Å². The Labute approximate surface area is 122 Å². The van der Waals surface area contributed by atoms with Gasteiger partial charge >= 0.3 is 0 Å². The molecule has 0 fully saturated rings. The molecular formula is C15H16ClN3O. The van der Waals surface area contributed by atoms with E-state index in [1.807, 2.05) is 24.3 Å². The third-order valence-electron chi connectivity index (χ3n) is 3.00. The normalized spacial score (nSPS) is 10.3. The molecule has 0 bridgehead atoms. The predicted octanol–water partition coefficient (Wildman–Crippen LogP) is 2.51. The summed E-state index contributed by atoms with van der Waals surface area (Å²) < 4.78 is 0. The minimum atomic E-state index is -0.545. The monoisotopic (exact) mass is 289 g/mol. The minimum Gasteiger partial charge on any atom is -0.380 e. The molecule has 104 valence electrons. The highest BCUT2D eigenvalue weighted by Crippen LogP contribution is 2.24. The lowest BCUT2D eigenvalue weighted by Crippen LogP contribution is -2.15. The summed E-state index contributed by atoms with van der Waals surface area (Å²) in [6.07, 6.45) is 0. The summed E-state index contributed by atoms with van der Waals surface area (Å²) in [6.45, 7) is 1.10. The summed E-state index contributed by atoms with van der Waals surface area (Å²) in [4.78, 5) is 11.4. The van der Waals surface area contributed by atoms with Crippen LogP contribution in [-0.4, -0.2) is 5.91 Å². The number of nitrogens with two attached hydrogens (primary N) is 2. The van der Waals surface area contributed by atoms with Crippen LogP contribution in [0.2, 0.25) is 5.02 Å². The van der Waals surface area contributed by atoms with Gasteiger partial charge in [-0.1, -0.05) is 41.9 Å². The van der Waals surface area contributed by atoms with Crippen LogP contribution in [-0.2, 0) is 13.1 Å². The van der Waals surface area contributed by atoms with Gasteiger partial charge in [-0.15, -0.1) is 0 Å². The smallest absolute Gasteiger partial charge is 0.252 e. The van der Waals surface area contributed by atoms with Gasteiger partial charge in [-0.3, -0.25) is 4.79 Å². The Bertz CT molecular complexity index is 611. The Balaban J connectivity index is 2.14. The van der Waals surface area contributed by atoms with Crippen molar-refractivity contribution in [3.63, 3.8) is 0 Å². The Hall–Kier alpha value is -2.04. The molecule has 0 aliphatic carbocycles. The number of benzene rings is 2. The molecule has 5 N–H and O–H groups in total. The third-order valence-corrected chi connectivity index (χ3v) is 3.32. The molecular weight excluding hydrogens is 274 g/mol. The molecule has 1 amide bonds. The number of rotatable bonds is 5. The van der Waals surface area contributed by atoms with Crippen LogP contribution in [0.15, 0.2) is 42.5 Å². The van der Waals surface area contributed by atoms with Crippen LogP contribution in [0.1, 0.15) is 21.5 Å². The van der Waals surface area contributed by atoms with Gasteiger partial charge < -0.3 is 16.8 Å². The molecule has 0 heterocycles. The summed E-state index contributed by atoms with van der Waals surface area (Å²) in [5, 5.41) is 3.52. The largest absolute Gasteiger partial charge is 0.380 e. The first kappa shape index (κ1) is 14.4. The quantitative estimate of drug-likeness (QED) is 0.791. The summed E-state index contributed by atoms with van der Waals surface area (Å²) in [5.41, 5.74) is 14.0. The third kappa shape index (κ3) is 3.29. The van der Waals surface area contributed by atoms with Crippen molar-refractivity contribution in [1.29, 1.82) is 0 Å². The molecule has 0 aliphatic heterocycles. The lowest BCUT2D eigenvalue weighted by molar-refractivity contribution is 0.100. The van der Waals surface area contributed by atoms with Crippen LogP contribution >= 0.6 is 11.6 Å². The maximum absolute atomic E-state index is 11.4. The predicted molar refractivity (Wildman–Crippen MR) is 81.6 cm³/mol. The number of amides is 1. The Kier molecular flexibility index (Phi) is 4.61. The second kappa shape index (κ2) is 6.41. The van der Waals surface area contributed by atoms with Gasteiger partial charge in [-0.2, -0.15) is 0 Å². The number of nitrogens with one attached hydrogen (secondary N) is 1. The van der Waals surface area contributed by atoms with E-state index in [-0.39, 0.29) is 0 Å². The van der Waals surface area contributed by atoms with Gasteiger partial charge in [0.05, 0.1) is 10.6 Å². The van der Waals surface area contributed by atoms with E-state index in [1.165, 1.54) is 0 Å². The summed E-state index contributed by atoms with van der Waals surface area (Å²) in [6, 6.07) is 13.1. The second-order valence-corrected chi connectivity index (χ2v) is 4.81. The van der Waals surface area contributed by atoms with Crippen LogP contribution in [0, 0.1) is 0 Å². The topological polar surface area (TPSA) is 81.1 Å². The fraction of sp³-hybridized carbons (Fsp3) is 0.133. The number of primary amides is 1. The molecule has 0 aliphatic rings. The molecule has 4 nitrogen and oxygen atoms in total. The molecule has 0 unspecified atom stereocenters. The van der Waals surface area contributed by atoms with Crippen molar-refractivity contribution >= 4 is 23.2 Å². The number of anilines is 1. The van der Waals surface area contributed by atoms with Crippen molar-refractivity contribution < 1.29 is 4.79 Å². The fourth-order valence-corrected chi connectivity index (χ4v) is 2.18. The lowest BCUT2D eigenvalue weighted by Gasteiger charge is -2.11. The fourth-order valence-electron chi connectivity index (χ4n) is 1.91. The minimum absolute atomic E-state index is 0.313. The average molecular weight is 290 g/mol. The van der Waals surface area contributed by atoms with E-state index < -0.39 is 5.91 Å². The molecule has 2 aromatic carbocycles. The molecule has 2 aromatic rings. The zero-order valence-electron chi connectivity index (χ0n) is 10.9. The molecule has 0 aromatic heterocycles. The van der Waals surface area contributed by atoms with Crippen LogP contribution < -0.4 is 16.8 Å². The van der Waals surface area contributed by atoms with Gasteiger partial charge in [-0.05, 0) is 23.3 Å². The summed E-state index contributed by atoms with van der Waals surface area (Å²) >= 11 is 5.99. The average Bonchev–Trinajstić information content (AvgIpc) is 2.45. The second-order valence-electron chi connectivity index (χ2n) is 4.40. The highest BCUT2D eigenvalue weighted by Gasteiger charge is 2.11. The first-order valence-electron chi connectivity index (χ1n) is 6.22. The molecule has 0 atom stereocenters. The highest BCUT2D eigenvalue weighted by molar-refractivity contribution is 6.34. The first-order valence-corrected chi connectivity index (χ1v) is 6.59. The van der Waals surface area contributed by atoms with Crippen molar-refractivity contribution in [3.05, 3.63) is 64.2 Å². The first-order chi connectivity index (χ1) is 9.61. The number of hydrogen-bond acceptors (Lipinski definition) is 3. The molecule has 20 heavy (non-hydrogen) atoms. The number of carbonyl (C=O) groups is 1. The van der Waals surface area contributed by atoms with E-state index in [0.29, 0.717) is 29.4 Å². The van der Waals surface area contributed by atoms with Crippen molar-refractivity contribution in [3.8, 4) is 0 Å². The van der Waals surface area contributed by atoms with Crippen molar-refractivity contribution in [2.75, 3.05) is 5.32 Å². The van der Waals surface area contributed by atoms with E-state index >= 15 is 0 Å². The maximum Gasteiger partial charge on any atom is 0.252 e. The Morgan fingerprint density at radius 2 is 1.75 bits per heavy atom. The maximum atomic E-state index is 11.4. The Morgan fingerprint density at radius 1 is 1.10 bits per heavy atom. The summed E-state index contributed by atoms with van der Waals surface area (Å²) in [7, 11) is 0. The lowest BCUT2D eigenvalue weighted by atomic mass is 10.1. The van der Waals surface area contributed by atoms with Gasteiger partial charge in [0.15, 0.2) is 0 Å². The SMILES string of the molecule is NCc1ccc(CNc2cccc(Cl)c2C(N)=O)cc1. The standard InChI is InChI=1S/C15H16ClN3O/c16-12-2-1-3-13(14(12)15(18)20)19-9-11-6-4-10(8-17)5-7-11/h1-7,19H,8-9,17H2,(H2,18,20). The zero-order valence-corrected chi connectivity index (χ0v) is 11.7. The van der Waals surface area contributed by atoms with Crippen LogP contribution in [0.4, 0.5) is 5.69 Å². The zero-order chi connectivity index (χ0) is 14.5. The van der Waals surface area contributed by atoms with Gasteiger partial charge in [0.2, 0.25) is 0 Å².